The highest BCUT2D eigenvalue weighted by Crippen LogP contribution is 2.21. The molecule has 12 nitrogen and oxygen atoms in total. The van der Waals surface area contributed by atoms with Crippen molar-refractivity contribution in [2.75, 3.05) is 12.4 Å². The van der Waals surface area contributed by atoms with Crippen molar-refractivity contribution in [3.8, 4) is 34.6 Å². The van der Waals surface area contributed by atoms with Crippen molar-refractivity contribution < 1.29 is 9.53 Å². The molecule has 0 saturated heterocycles. The van der Waals surface area contributed by atoms with Crippen molar-refractivity contribution in [2.24, 2.45) is 0 Å². The first-order valence-corrected chi connectivity index (χ1v) is 12.3. The van der Waals surface area contributed by atoms with Crippen LogP contribution in [-0.2, 0) is 6.54 Å². The van der Waals surface area contributed by atoms with Gasteiger partial charge in [0.05, 0.1) is 12.8 Å². The summed E-state index contributed by atoms with van der Waals surface area (Å²) in [5.74, 6) is 1.40. The fraction of sp³-hybridized carbons (Fsp3) is 0.115. The lowest BCUT2D eigenvalue weighted by atomic mass is 10.1. The molecule has 192 valence electrons. The Morgan fingerprint density at radius 3 is 2.51 bits per heavy atom. The smallest absolute Gasteiger partial charge is 0.270 e. The van der Waals surface area contributed by atoms with Crippen LogP contribution in [0.3, 0.4) is 0 Å². The maximum Gasteiger partial charge on any atom is 0.270 e. The number of pyridine rings is 3. The third-order valence-corrected chi connectivity index (χ3v) is 6.01. The molecule has 0 saturated carbocycles. The highest BCUT2D eigenvalue weighted by molar-refractivity contribution is 7.06. The Labute approximate surface area is 227 Å². The number of nitrogens with one attached hydrogen (secondary N) is 2. The van der Waals surface area contributed by atoms with Crippen molar-refractivity contribution in [3.63, 3.8) is 0 Å². The number of hydrogen-bond donors (Lipinski definition) is 2. The first-order chi connectivity index (χ1) is 19.0. The highest BCUT2D eigenvalue weighted by Gasteiger charge is 2.12. The van der Waals surface area contributed by atoms with Gasteiger partial charge in [0, 0.05) is 54.1 Å². The molecule has 5 heterocycles. The summed E-state index contributed by atoms with van der Waals surface area (Å²) < 4.78 is 9.16. The summed E-state index contributed by atoms with van der Waals surface area (Å²) in [7, 11) is 1.57. The zero-order valence-electron chi connectivity index (χ0n) is 20.8. The summed E-state index contributed by atoms with van der Waals surface area (Å²) in [6.45, 7) is 2.13. The van der Waals surface area contributed by atoms with E-state index in [4.69, 9.17) is 10.00 Å². The minimum atomic E-state index is -0.319. The van der Waals surface area contributed by atoms with E-state index in [0.717, 1.165) is 28.4 Å². The molecule has 0 radical (unpaired) electrons. The zero-order chi connectivity index (χ0) is 27.2. The van der Waals surface area contributed by atoms with Crippen molar-refractivity contribution in [1.29, 1.82) is 5.26 Å². The van der Waals surface area contributed by atoms with Gasteiger partial charge < -0.3 is 15.4 Å². The van der Waals surface area contributed by atoms with Gasteiger partial charge in [-0.05, 0) is 48.3 Å². The highest BCUT2D eigenvalue weighted by atomic mass is 32.1. The lowest BCUT2D eigenvalue weighted by Gasteiger charge is -2.08. The topological polar surface area (TPSA) is 164 Å². The number of carbonyl (C=O) groups is 1. The summed E-state index contributed by atoms with van der Waals surface area (Å²) in [6.07, 6.45) is 4.95. The first kappa shape index (κ1) is 25.3. The molecule has 5 aromatic heterocycles. The second-order valence-electron chi connectivity index (χ2n) is 8.13. The average molecular weight is 537 g/mol. The minimum Gasteiger partial charge on any atom is -0.481 e. The molecular formula is C26H20N10O2S. The van der Waals surface area contributed by atoms with Crippen molar-refractivity contribution in [1.82, 2.24) is 39.6 Å². The van der Waals surface area contributed by atoms with E-state index in [1.165, 1.54) is 0 Å². The third-order valence-electron chi connectivity index (χ3n) is 5.39. The van der Waals surface area contributed by atoms with E-state index < -0.39 is 0 Å². The Bertz CT molecular complexity index is 1650. The van der Waals surface area contributed by atoms with Gasteiger partial charge in [0.25, 0.3) is 5.91 Å². The normalized spacial score (nSPS) is 10.5. The van der Waals surface area contributed by atoms with Crippen LogP contribution >= 0.6 is 11.5 Å². The number of methoxy groups -OCH3 is 1. The average Bonchev–Trinajstić information content (AvgIpc) is 3.43. The SMILES string of the molecule is COc1ccc(-c2ccc(CNC(=O)c3ccc(-c4nc(C)cc(Nc5nsc(C#N)n5)n4)cn3)cn2)cn1. The van der Waals surface area contributed by atoms with E-state index in [0.29, 0.717) is 35.3 Å². The third kappa shape index (κ3) is 6.14. The Kier molecular flexibility index (Phi) is 7.37. The van der Waals surface area contributed by atoms with Gasteiger partial charge in [0.2, 0.25) is 16.8 Å². The molecule has 0 aliphatic carbocycles. The number of aromatic nitrogens is 7. The number of anilines is 2. The zero-order valence-corrected chi connectivity index (χ0v) is 21.6. The van der Waals surface area contributed by atoms with Crippen LogP contribution < -0.4 is 15.4 Å². The molecule has 0 aliphatic rings. The van der Waals surface area contributed by atoms with E-state index in [1.54, 1.807) is 50.0 Å². The molecule has 1 amide bonds. The minimum absolute atomic E-state index is 0.251. The molecule has 0 bridgehead atoms. The molecule has 2 N–H and O–H groups in total. The Hall–Kier alpha value is -5.35. The molecule has 39 heavy (non-hydrogen) atoms. The second kappa shape index (κ2) is 11.4. The Morgan fingerprint density at radius 1 is 1.00 bits per heavy atom. The molecule has 0 unspecified atom stereocenters. The maximum atomic E-state index is 12.7. The van der Waals surface area contributed by atoms with Crippen LogP contribution in [0.5, 0.6) is 5.88 Å². The van der Waals surface area contributed by atoms with Gasteiger partial charge in [0.1, 0.15) is 17.6 Å². The predicted molar refractivity (Wildman–Crippen MR) is 143 cm³/mol. The van der Waals surface area contributed by atoms with Gasteiger partial charge in [0.15, 0.2) is 5.82 Å². The van der Waals surface area contributed by atoms with E-state index in [9.17, 15) is 4.79 Å². The predicted octanol–water partition coefficient (Wildman–Crippen LogP) is 3.71. The standard InChI is InChI=1S/C26H20N10O2S/c1-15-9-21(34-26-35-23(10-27)39-36-26)33-24(32-15)18-4-7-20(29-14-18)25(37)31-12-16-3-6-19(28-11-16)17-5-8-22(38-2)30-13-17/h3-9,11,13-14H,12H2,1-2H3,(H,31,37)(H,32,33,34,36). The number of nitrogens with zero attached hydrogens (tertiary/aromatic N) is 8. The van der Waals surface area contributed by atoms with E-state index in [1.807, 2.05) is 31.2 Å². The van der Waals surface area contributed by atoms with Gasteiger partial charge in [-0.15, -0.1) is 0 Å². The number of nitriles is 1. The van der Waals surface area contributed by atoms with E-state index in [-0.39, 0.29) is 22.6 Å². The van der Waals surface area contributed by atoms with Gasteiger partial charge in [-0.25, -0.2) is 15.0 Å². The fourth-order valence-electron chi connectivity index (χ4n) is 3.48. The lowest BCUT2D eigenvalue weighted by Crippen LogP contribution is -2.23. The van der Waals surface area contributed by atoms with Gasteiger partial charge in [-0.3, -0.25) is 14.8 Å². The lowest BCUT2D eigenvalue weighted by molar-refractivity contribution is 0.0946. The summed E-state index contributed by atoms with van der Waals surface area (Å²) in [5, 5.41) is 15.0. The van der Waals surface area contributed by atoms with Crippen molar-refractivity contribution in [3.05, 3.63) is 83.0 Å². The number of aryl methyl sites for hydroxylation is 1. The molecule has 0 atom stereocenters. The van der Waals surface area contributed by atoms with E-state index >= 15 is 0 Å². The number of rotatable bonds is 8. The largest absolute Gasteiger partial charge is 0.481 e. The molecule has 0 aromatic carbocycles. The van der Waals surface area contributed by atoms with Gasteiger partial charge in [-0.2, -0.15) is 14.6 Å². The van der Waals surface area contributed by atoms with Crippen LogP contribution in [-0.4, -0.2) is 47.3 Å². The molecule has 5 rings (SSSR count). The van der Waals surface area contributed by atoms with Gasteiger partial charge >= 0.3 is 0 Å². The van der Waals surface area contributed by atoms with Crippen molar-refractivity contribution >= 4 is 29.2 Å². The van der Waals surface area contributed by atoms with Crippen molar-refractivity contribution in [2.45, 2.75) is 13.5 Å². The monoisotopic (exact) mass is 536 g/mol. The fourth-order valence-corrected chi connectivity index (χ4v) is 3.91. The van der Waals surface area contributed by atoms with E-state index in [2.05, 4.69) is 44.9 Å². The number of amides is 1. The quantitative estimate of drug-likeness (QED) is 0.297. The van der Waals surface area contributed by atoms with Crippen LogP contribution in [0.1, 0.15) is 26.8 Å². The molecular weight excluding hydrogens is 516 g/mol. The van der Waals surface area contributed by atoms with Crippen LogP contribution in [0.4, 0.5) is 11.8 Å². The molecule has 0 fully saturated rings. The Morgan fingerprint density at radius 2 is 1.85 bits per heavy atom. The summed E-state index contributed by atoms with van der Waals surface area (Å²) in [6, 6.07) is 14.5. The second-order valence-corrected chi connectivity index (χ2v) is 8.89. The number of hydrogen-bond acceptors (Lipinski definition) is 12. The van der Waals surface area contributed by atoms with Crippen LogP contribution in [0.25, 0.3) is 22.6 Å². The van der Waals surface area contributed by atoms with Crippen LogP contribution in [0.2, 0.25) is 0 Å². The van der Waals surface area contributed by atoms with Crippen LogP contribution in [0.15, 0.2) is 61.1 Å². The molecule has 13 heteroatoms. The first-order valence-electron chi connectivity index (χ1n) is 11.6. The van der Waals surface area contributed by atoms with Crippen LogP contribution in [0, 0.1) is 18.3 Å². The number of carbonyl (C=O) groups excluding carboxylic acids is 1. The summed E-state index contributed by atoms with van der Waals surface area (Å²) in [4.78, 5) is 38.6. The van der Waals surface area contributed by atoms with Gasteiger partial charge in [-0.1, -0.05) is 6.07 Å². The maximum absolute atomic E-state index is 12.7. The summed E-state index contributed by atoms with van der Waals surface area (Å²) in [5.41, 5.74) is 4.08. The molecule has 5 aromatic rings. The Balaban J connectivity index is 1.21. The molecule has 0 aliphatic heterocycles. The number of ether oxygens (including phenoxy) is 1. The summed E-state index contributed by atoms with van der Waals surface area (Å²) >= 11 is 0.995. The molecule has 0 spiro atoms.